The molecule has 0 spiro atoms. The maximum Gasteiger partial charge on any atom is 0.261 e. The molecule has 1 aliphatic heterocycles. The van der Waals surface area contributed by atoms with Gasteiger partial charge in [0.25, 0.3) is 11.5 Å². The Balaban J connectivity index is 1.33. The zero-order chi connectivity index (χ0) is 24.1. The summed E-state index contributed by atoms with van der Waals surface area (Å²) in [6.07, 6.45) is 0.969. The molecular formula is C26H30ClN5O2. The first-order valence-electron chi connectivity index (χ1n) is 11.4. The molecule has 8 heteroatoms. The van der Waals surface area contributed by atoms with Gasteiger partial charge in [-0.25, -0.2) is 5.43 Å². The second kappa shape index (κ2) is 11.0. The highest BCUT2D eigenvalue weighted by atomic mass is 35.5. The number of hydrogen-bond acceptors (Lipinski definition) is 5. The molecule has 1 aliphatic rings. The number of likely N-dealkylation sites (N-methyl/N-ethyl adjacent to an activating group) is 1. The van der Waals surface area contributed by atoms with Crippen LogP contribution in [0.4, 0.5) is 0 Å². The Bertz CT molecular complexity index is 1180. The predicted octanol–water partition coefficient (Wildman–Crippen LogP) is 3.39. The van der Waals surface area contributed by atoms with E-state index in [0.29, 0.717) is 11.6 Å². The average Bonchev–Trinajstić information content (AvgIpc) is 3.34. The van der Waals surface area contributed by atoms with E-state index in [0.717, 1.165) is 17.7 Å². The fourth-order valence-corrected chi connectivity index (χ4v) is 4.42. The lowest BCUT2D eigenvalue weighted by molar-refractivity contribution is 0.0949. The van der Waals surface area contributed by atoms with E-state index in [2.05, 4.69) is 57.2 Å². The van der Waals surface area contributed by atoms with Crippen molar-refractivity contribution in [2.75, 3.05) is 7.05 Å². The van der Waals surface area contributed by atoms with Crippen LogP contribution in [0.15, 0.2) is 71.5 Å². The number of nitrogens with one attached hydrogen (secondary N) is 4. The van der Waals surface area contributed by atoms with Crippen LogP contribution < -0.4 is 21.7 Å². The number of halogens is 1. The van der Waals surface area contributed by atoms with E-state index < -0.39 is 11.5 Å². The smallest absolute Gasteiger partial charge is 0.261 e. The molecule has 3 unspecified atom stereocenters. The first-order chi connectivity index (χ1) is 16.4. The van der Waals surface area contributed by atoms with Crippen LogP contribution in [0.3, 0.4) is 0 Å². The number of aromatic amines is 1. The van der Waals surface area contributed by atoms with E-state index in [1.54, 1.807) is 18.2 Å². The van der Waals surface area contributed by atoms with Gasteiger partial charge in [-0.15, -0.1) is 0 Å². The van der Waals surface area contributed by atoms with Crippen LogP contribution in [-0.2, 0) is 13.1 Å². The van der Waals surface area contributed by atoms with Gasteiger partial charge in [0.2, 0.25) is 0 Å². The number of aromatic nitrogens is 1. The molecular weight excluding hydrogens is 450 g/mol. The standard InChI is InChI=1S/C26H30ClN5O2/c1-17(23-14-24(31-30-23)18-8-4-3-5-9-18)32(2)16-20-12-13-21(26(34)29-20)25(33)28-15-19-10-6-7-11-22(19)27/h3-13,17,23-24,30-31H,14-16H2,1-2H3,(H,28,33)(H,29,34). The second-order valence-corrected chi connectivity index (χ2v) is 9.16. The fraction of sp³-hybridized carbons (Fsp3) is 0.308. The topological polar surface area (TPSA) is 89.3 Å². The number of benzene rings is 2. The Hall–Kier alpha value is -2.97. The Kier molecular flexibility index (Phi) is 7.80. The van der Waals surface area contributed by atoms with E-state index in [4.69, 9.17) is 11.6 Å². The number of hydrogen-bond donors (Lipinski definition) is 4. The molecule has 7 nitrogen and oxygen atoms in total. The first-order valence-corrected chi connectivity index (χ1v) is 11.8. The Morgan fingerprint density at radius 2 is 1.82 bits per heavy atom. The number of nitrogens with zero attached hydrogens (tertiary/aromatic N) is 1. The van der Waals surface area contributed by atoms with Gasteiger partial charge < -0.3 is 10.3 Å². The quantitative estimate of drug-likeness (QED) is 0.397. The number of carbonyl (C=O) groups is 1. The summed E-state index contributed by atoms with van der Waals surface area (Å²) in [5.41, 5.74) is 9.30. The summed E-state index contributed by atoms with van der Waals surface area (Å²) >= 11 is 6.13. The predicted molar refractivity (Wildman–Crippen MR) is 134 cm³/mol. The highest BCUT2D eigenvalue weighted by Gasteiger charge is 2.30. The molecule has 3 aromatic rings. The molecule has 4 N–H and O–H groups in total. The van der Waals surface area contributed by atoms with Crippen molar-refractivity contribution < 1.29 is 4.79 Å². The molecule has 1 aromatic heterocycles. The van der Waals surface area contributed by atoms with Crippen molar-refractivity contribution in [3.05, 3.63) is 104 Å². The van der Waals surface area contributed by atoms with Crippen LogP contribution in [0.1, 0.15) is 46.6 Å². The van der Waals surface area contributed by atoms with Crippen molar-refractivity contribution in [1.82, 2.24) is 26.1 Å². The third-order valence-electron chi connectivity index (χ3n) is 6.44. The molecule has 4 rings (SSSR count). The van der Waals surface area contributed by atoms with E-state index in [1.165, 1.54) is 5.56 Å². The SMILES string of the molecule is CC(C1CC(c2ccccc2)NN1)N(C)Cc1ccc(C(=O)NCc2ccccc2Cl)c(=O)[nH]1. The summed E-state index contributed by atoms with van der Waals surface area (Å²) < 4.78 is 0. The molecule has 1 saturated heterocycles. The molecule has 178 valence electrons. The van der Waals surface area contributed by atoms with Gasteiger partial charge in [-0.05, 0) is 49.7 Å². The summed E-state index contributed by atoms with van der Waals surface area (Å²) in [6.45, 7) is 2.99. The van der Waals surface area contributed by atoms with Crippen LogP contribution in [0, 0.1) is 0 Å². The van der Waals surface area contributed by atoms with Crippen molar-refractivity contribution >= 4 is 17.5 Å². The number of rotatable bonds is 8. The number of H-pyrrole nitrogens is 1. The first kappa shape index (κ1) is 24.2. The van der Waals surface area contributed by atoms with Gasteiger partial charge >= 0.3 is 0 Å². The molecule has 34 heavy (non-hydrogen) atoms. The summed E-state index contributed by atoms with van der Waals surface area (Å²) in [4.78, 5) is 30.1. The van der Waals surface area contributed by atoms with E-state index in [9.17, 15) is 9.59 Å². The molecule has 0 aliphatic carbocycles. The Morgan fingerprint density at radius 3 is 2.56 bits per heavy atom. The highest BCUT2D eigenvalue weighted by molar-refractivity contribution is 6.31. The molecule has 0 radical (unpaired) electrons. The fourth-order valence-electron chi connectivity index (χ4n) is 4.22. The van der Waals surface area contributed by atoms with Crippen molar-refractivity contribution in [2.45, 2.75) is 44.6 Å². The van der Waals surface area contributed by atoms with E-state index in [-0.39, 0.29) is 30.2 Å². The average molecular weight is 480 g/mol. The largest absolute Gasteiger partial charge is 0.348 e. The Labute approximate surface area is 204 Å². The van der Waals surface area contributed by atoms with Crippen molar-refractivity contribution in [1.29, 1.82) is 0 Å². The molecule has 1 fully saturated rings. The molecule has 1 amide bonds. The highest BCUT2D eigenvalue weighted by Crippen LogP contribution is 2.25. The van der Waals surface area contributed by atoms with E-state index in [1.807, 2.05) is 31.3 Å². The normalized spacial score (nSPS) is 18.7. The maximum absolute atomic E-state index is 12.6. The van der Waals surface area contributed by atoms with Gasteiger partial charge in [-0.3, -0.25) is 19.9 Å². The zero-order valence-corrected chi connectivity index (χ0v) is 20.1. The van der Waals surface area contributed by atoms with E-state index >= 15 is 0 Å². The lowest BCUT2D eigenvalue weighted by atomic mass is 9.98. The summed E-state index contributed by atoms with van der Waals surface area (Å²) in [5.74, 6) is -0.428. The second-order valence-electron chi connectivity index (χ2n) is 8.75. The summed E-state index contributed by atoms with van der Waals surface area (Å²) in [6, 6.07) is 21.8. The number of carbonyl (C=O) groups excluding carboxylic acids is 1. The van der Waals surface area contributed by atoms with Crippen LogP contribution in [0.25, 0.3) is 0 Å². The van der Waals surface area contributed by atoms with Gasteiger partial charge in [-0.1, -0.05) is 60.1 Å². The zero-order valence-electron chi connectivity index (χ0n) is 19.3. The van der Waals surface area contributed by atoms with Crippen LogP contribution in [-0.4, -0.2) is 34.9 Å². The van der Waals surface area contributed by atoms with Gasteiger partial charge in [0.1, 0.15) is 5.56 Å². The lowest BCUT2D eigenvalue weighted by Crippen LogP contribution is -2.45. The van der Waals surface area contributed by atoms with Crippen molar-refractivity contribution in [2.24, 2.45) is 0 Å². The number of hydrazine groups is 1. The van der Waals surface area contributed by atoms with Gasteiger partial charge in [0.05, 0.1) is 0 Å². The summed E-state index contributed by atoms with van der Waals surface area (Å²) in [7, 11) is 2.03. The van der Waals surface area contributed by atoms with Crippen LogP contribution in [0.5, 0.6) is 0 Å². The van der Waals surface area contributed by atoms with Crippen LogP contribution in [0.2, 0.25) is 5.02 Å². The molecule has 2 heterocycles. The lowest BCUT2D eigenvalue weighted by Gasteiger charge is -2.29. The third kappa shape index (κ3) is 5.74. The minimum Gasteiger partial charge on any atom is -0.348 e. The molecule has 3 atom stereocenters. The van der Waals surface area contributed by atoms with Crippen molar-refractivity contribution in [3.8, 4) is 0 Å². The third-order valence-corrected chi connectivity index (χ3v) is 6.81. The van der Waals surface area contributed by atoms with Gasteiger partial charge in [-0.2, -0.15) is 0 Å². The molecule has 0 bridgehead atoms. The van der Waals surface area contributed by atoms with Gasteiger partial charge in [0, 0.05) is 41.9 Å². The van der Waals surface area contributed by atoms with Crippen molar-refractivity contribution in [3.63, 3.8) is 0 Å². The van der Waals surface area contributed by atoms with Gasteiger partial charge in [0.15, 0.2) is 0 Å². The minimum atomic E-state index is -0.428. The minimum absolute atomic E-state index is 0.0823. The molecule has 2 aromatic carbocycles. The maximum atomic E-state index is 12.6. The number of pyridine rings is 1. The summed E-state index contributed by atoms with van der Waals surface area (Å²) in [5, 5.41) is 3.34. The molecule has 0 saturated carbocycles. The monoisotopic (exact) mass is 479 g/mol. The number of amides is 1. The van der Waals surface area contributed by atoms with Crippen LogP contribution >= 0.6 is 11.6 Å². The Morgan fingerprint density at radius 1 is 1.09 bits per heavy atom.